The van der Waals surface area contributed by atoms with Gasteiger partial charge in [0.05, 0.1) is 0 Å². The molecule has 14 rings (SSSR count). The van der Waals surface area contributed by atoms with Crippen molar-refractivity contribution in [3.8, 4) is 0 Å². The Hall–Kier alpha value is -8.98. The van der Waals surface area contributed by atoms with Gasteiger partial charge in [-0.3, -0.25) is 0 Å². The van der Waals surface area contributed by atoms with E-state index in [1.807, 2.05) is 0 Å². The van der Waals surface area contributed by atoms with Gasteiger partial charge in [0.15, 0.2) is 0 Å². The standard InChI is InChI=1S/C68H46N2/c1-5-15-52-41-61(33-25-46(52)11-1)69(62-34-26-47-12-2-6-16-53(47)42-62)59-37-29-57(30-38-59)68(45-56-21-9-19-50-23-24-51-20-10-22-65(68)67(51)66(50)56)58-31-39-60(40-32-58)70(63-35-27-48-13-3-7-17-54(48)43-63)64-36-28-49-14-4-8-18-55(49)44-64/h1-44H,45H2. The number of benzene rings is 13. The van der Waals surface area contributed by atoms with Crippen molar-refractivity contribution >= 4 is 98.8 Å². The van der Waals surface area contributed by atoms with Crippen LogP contribution in [0.4, 0.5) is 34.1 Å². The molecule has 0 radical (unpaired) electrons. The van der Waals surface area contributed by atoms with Crippen molar-refractivity contribution in [2.24, 2.45) is 0 Å². The van der Waals surface area contributed by atoms with Gasteiger partial charge in [-0.15, -0.1) is 0 Å². The molecule has 0 N–H and O–H groups in total. The van der Waals surface area contributed by atoms with E-state index in [1.54, 1.807) is 0 Å². The van der Waals surface area contributed by atoms with E-state index < -0.39 is 5.41 Å². The van der Waals surface area contributed by atoms with Gasteiger partial charge in [-0.2, -0.15) is 0 Å². The third-order valence-corrected chi connectivity index (χ3v) is 15.1. The Kier molecular flexibility index (Phi) is 9.22. The fourth-order valence-corrected chi connectivity index (χ4v) is 11.7. The highest BCUT2D eigenvalue weighted by molar-refractivity contribution is 6.13. The van der Waals surface area contributed by atoms with Crippen LogP contribution in [0, 0.1) is 0 Å². The lowest BCUT2D eigenvalue weighted by Crippen LogP contribution is -2.34. The van der Waals surface area contributed by atoms with Gasteiger partial charge in [-0.05, 0) is 166 Å². The summed E-state index contributed by atoms with van der Waals surface area (Å²) in [5.41, 5.74) is 11.5. The van der Waals surface area contributed by atoms with E-state index >= 15 is 0 Å². The molecule has 1 aliphatic rings. The summed E-state index contributed by atoms with van der Waals surface area (Å²) >= 11 is 0. The fraction of sp³-hybridized carbons (Fsp3) is 0.0294. The molecule has 13 aromatic carbocycles. The van der Waals surface area contributed by atoms with Crippen LogP contribution in [0.1, 0.15) is 22.3 Å². The summed E-state index contributed by atoms with van der Waals surface area (Å²) in [6.07, 6.45) is 0.831. The molecule has 2 heteroatoms. The lowest BCUT2D eigenvalue weighted by atomic mass is 9.62. The molecule has 0 saturated carbocycles. The van der Waals surface area contributed by atoms with E-state index in [0.717, 1.165) is 40.5 Å². The van der Waals surface area contributed by atoms with Gasteiger partial charge < -0.3 is 9.80 Å². The minimum absolute atomic E-state index is 0.493. The van der Waals surface area contributed by atoms with Gasteiger partial charge in [-0.25, -0.2) is 0 Å². The first-order valence-electron chi connectivity index (χ1n) is 24.4. The summed E-state index contributed by atoms with van der Waals surface area (Å²) in [6, 6.07) is 99.2. The Morgan fingerprint density at radius 2 is 0.557 bits per heavy atom. The van der Waals surface area contributed by atoms with E-state index in [0.29, 0.717) is 0 Å². The minimum Gasteiger partial charge on any atom is -0.310 e. The Morgan fingerprint density at radius 1 is 0.243 bits per heavy atom. The van der Waals surface area contributed by atoms with Crippen LogP contribution in [0.15, 0.2) is 267 Å². The second-order valence-corrected chi connectivity index (χ2v) is 19.0. The third kappa shape index (κ3) is 6.49. The summed E-state index contributed by atoms with van der Waals surface area (Å²) in [4.78, 5) is 4.83. The molecule has 0 heterocycles. The van der Waals surface area contributed by atoms with Crippen LogP contribution < -0.4 is 9.80 Å². The predicted molar refractivity (Wildman–Crippen MR) is 297 cm³/mol. The highest BCUT2D eigenvalue weighted by Crippen LogP contribution is 2.52. The summed E-state index contributed by atoms with van der Waals surface area (Å²) in [5.74, 6) is 0. The number of fused-ring (bicyclic) bond motifs is 4. The number of anilines is 6. The topological polar surface area (TPSA) is 6.48 Å². The average molecular weight is 891 g/mol. The molecule has 0 amide bonds. The molecule has 0 bridgehead atoms. The molecule has 328 valence electrons. The largest absolute Gasteiger partial charge is 0.310 e. The molecule has 1 aliphatic carbocycles. The molecule has 2 nitrogen and oxygen atoms in total. The lowest BCUT2D eigenvalue weighted by Gasteiger charge is -2.41. The summed E-state index contributed by atoms with van der Waals surface area (Å²) < 4.78 is 0. The SMILES string of the molecule is c1ccc2cc(N(c3ccc(C4(c5ccc(N(c6ccc7ccccc7c6)c6ccc7ccccc7c6)cc5)Cc5cccc6ccc7cccc4c7c56)cc3)c3ccc4ccccc4c3)ccc2c1. The van der Waals surface area contributed by atoms with Gasteiger partial charge in [0.25, 0.3) is 0 Å². The average Bonchev–Trinajstić information content (AvgIpc) is 3.43. The third-order valence-electron chi connectivity index (χ3n) is 15.1. The van der Waals surface area contributed by atoms with Crippen molar-refractivity contribution in [3.05, 3.63) is 289 Å². The van der Waals surface area contributed by atoms with Gasteiger partial charge in [0.1, 0.15) is 0 Å². The first kappa shape index (κ1) is 40.1. The maximum atomic E-state index is 2.41. The predicted octanol–water partition coefficient (Wildman–Crippen LogP) is 18.4. The normalized spacial score (nSPS) is 12.9. The zero-order valence-electron chi connectivity index (χ0n) is 38.5. The highest BCUT2D eigenvalue weighted by atomic mass is 15.1. The molecule has 0 fully saturated rings. The minimum atomic E-state index is -0.493. The number of rotatable bonds is 8. The van der Waals surface area contributed by atoms with Crippen LogP contribution in [0.2, 0.25) is 0 Å². The zero-order chi connectivity index (χ0) is 46.2. The zero-order valence-corrected chi connectivity index (χ0v) is 38.5. The number of hydrogen-bond donors (Lipinski definition) is 0. The van der Waals surface area contributed by atoms with E-state index in [4.69, 9.17) is 0 Å². The van der Waals surface area contributed by atoms with Gasteiger partial charge in [0.2, 0.25) is 0 Å². The molecule has 0 aromatic heterocycles. The first-order chi connectivity index (χ1) is 34.6. The second-order valence-electron chi connectivity index (χ2n) is 19.0. The molecule has 0 atom stereocenters. The van der Waals surface area contributed by atoms with Crippen LogP contribution in [0.3, 0.4) is 0 Å². The van der Waals surface area contributed by atoms with Crippen molar-refractivity contribution in [2.45, 2.75) is 11.8 Å². The Balaban J connectivity index is 0.953. The van der Waals surface area contributed by atoms with Crippen LogP contribution in [-0.2, 0) is 11.8 Å². The fourth-order valence-electron chi connectivity index (χ4n) is 11.7. The summed E-state index contributed by atoms with van der Waals surface area (Å²) in [7, 11) is 0. The highest BCUT2D eigenvalue weighted by Gasteiger charge is 2.41. The van der Waals surface area contributed by atoms with Gasteiger partial charge in [-0.1, -0.05) is 194 Å². The van der Waals surface area contributed by atoms with Crippen molar-refractivity contribution in [3.63, 3.8) is 0 Å². The van der Waals surface area contributed by atoms with Crippen LogP contribution in [0.25, 0.3) is 64.6 Å². The molecular formula is C68H46N2. The van der Waals surface area contributed by atoms with Crippen molar-refractivity contribution in [2.75, 3.05) is 9.80 Å². The second kappa shape index (κ2) is 16.1. The smallest absolute Gasteiger partial charge is 0.0498 e. The van der Waals surface area contributed by atoms with Crippen molar-refractivity contribution in [1.82, 2.24) is 0 Å². The molecule has 0 spiro atoms. The van der Waals surface area contributed by atoms with Gasteiger partial charge in [0, 0.05) is 39.5 Å². The monoisotopic (exact) mass is 890 g/mol. The Bertz CT molecular complexity index is 3800. The van der Waals surface area contributed by atoms with Crippen molar-refractivity contribution < 1.29 is 0 Å². The Labute approximate surface area is 407 Å². The summed E-state index contributed by atoms with van der Waals surface area (Å²) in [6.45, 7) is 0. The molecule has 0 aliphatic heterocycles. The van der Waals surface area contributed by atoms with E-state index in [-0.39, 0.29) is 0 Å². The molecule has 70 heavy (non-hydrogen) atoms. The molecular weight excluding hydrogens is 845 g/mol. The summed E-state index contributed by atoms with van der Waals surface area (Å²) in [5, 5.41) is 15.1. The number of hydrogen-bond acceptors (Lipinski definition) is 2. The quantitative estimate of drug-likeness (QED) is 0.140. The maximum absolute atomic E-state index is 2.41. The lowest BCUT2D eigenvalue weighted by molar-refractivity contribution is 0.616. The van der Waals surface area contributed by atoms with E-state index in [2.05, 4.69) is 277 Å². The van der Waals surface area contributed by atoms with Crippen LogP contribution >= 0.6 is 0 Å². The Morgan fingerprint density at radius 3 is 0.957 bits per heavy atom. The molecule has 13 aromatic rings. The first-order valence-corrected chi connectivity index (χ1v) is 24.4. The van der Waals surface area contributed by atoms with E-state index in [1.165, 1.54) is 86.9 Å². The van der Waals surface area contributed by atoms with Crippen LogP contribution in [-0.4, -0.2) is 0 Å². The molecule has 0 saturated heterocycles. The number of nitrogens with zero attached hydrogens (tertiary/aromatic N) is 2. The maximum Gasteiger partial charge on any atom is 0.0498 e. The van der Waals surface area contributed by atoms with Crippen LogP contribution in [0.5, 0.6) is 0 Å². The van der Waals surface area contributed by atoms with Gasteiger partial charge >= 0.3 is 0 Å². The van der Waals surface area contributed by atoms with Crippen molar-refractivity contribution in [1.29, 1.82) is 0 Å². The molecule has 0 unspecified atom stereocenters. The van der Waals surface area contributed by atoms with E-state index in [9.17, 15) is 0 Å².